The molecule has 176 valence electrons. The van der Waals surface area contributed by atoms with Gasteiger partial charge >= 0.3 is 6.09 Å². The molecular formula is C22H22FN7O4. The molecule has 0 aliphatic heterocycles. The van der Waals surface area contributed by atoms with Crippen molar-refractivity contribution < 1.29 is 23.4 Å². The molecule has 0 saturated heterocycles. The molecule has 4 rings (SSSR count). The zero-order valence-electron chi connectivity index (χ0n) is 18.8. The van der Waals surface area contributed by atoms with Crippen LogP contribution in [0.25, 0.3) is 11.3 Å². The monoisotopic (exact) mass is 467 g/mol. The van der Waals surface area contributed by atoms with Gasteiger partial charge in [0.15, 0.2) is 23.1 Å². The van der Waals surface area contributed by atoms with Crippen LogP contribution in [0.3, 0.4) is 0 Å². The molecule has 11 nitrogen and oxygen atoms in total. The van der Waals surface area contributed by atoms with E-state index in [9.17, 15) is 9.18 Å². The van der Waals surface area contributed by atoms with Gasteiger partial charge in [0.05, 0.1) is 30.8 Å². The quantitative estimate of drug-likeness (QED) is 0.511. The van der Waals surface area contributed by atoms with Gasteiger partial charge in [0.1, 0.15) is 29.8 Å². The lowest BCUT2D eigenvalue weighted by atomic mass is 10.1. The van der Waals surface area contributed by atoms with Crippen LogP contribution in [0.1, 0.15) is 18.5 Å². The Morgan fingerprint density at radius 1 is 1.29 bits per heavy atom. The Hall–Kier alpha value is -4.40. The van der Waals surface area contributed by atoms with Crippen LogP contribution in [-0.2, 0) is 4.74 Å². The van der Waals surface area contributed by atoms with E-state index in [4.69, 9.17) is 19.5 Å². The molecule has 1 aliphatic carbocycles. The first-order chi connectivity index (χ1) is 16.3. The number of methoxy groups -OCH3 is 1. The van der Waals surface area contributed by atoms with Gasteiger partial charge in [-0.2, -0.15) is 10.4 Å². The Morgan fingerprint density at radius 2 is 2.09 bits per heavy atom. The number of H-pyrrole nitrogens is 1. The fourth-order valence-corrected chi connectivity index (χ4v) is 3.10. The highest BCUT2D eigenvalue weighted by atomic mass is 19.1. The number of hydrogen-bond donors (Lipinski definition) is 2. The Morgan fingerprint density at radius 3 is 2.71 bits per heavy atom. The first-order valence-corrected chi connectivity index (χ1v) is 10.3. The fourth-order valence-electron chi connectivity index (χ4n) is 3.10. The molecule has 2 heterocycles. The maximum absolute atomic E-state index is 14.9. The predicted octanol–water partition coefficient (Wildman–Crippen LogP) is 3.24. The number of anilines is 2. The number of aromatic nitrogens is 4. The van der Waals surface area contributed by atoms with Crippen molar-refractivity contribution in [2.24, 2.45) is 0 Å². The van der Waals surface area contributed by atoms with Crippen LogP contribution in [0, 0.1) is 17.1 Å². The van der Waals surface area contributed by atoms with Crippen molar-refractivity contribution in [2.45, 2.75) is 18.4 Å². The number of benzene rings is 1. The van der Waals surface area contributed by atoms with E-state index in [0.717, 1.165) is 0 Å². The molecular weight excluding hydrogens is 445 g/mol. The molecule has 34 heavy (non-hydrogen) atoms. The summed E-state index contributed by atoms with van der Waals surface area (Å²) in [6.07, 6.45) is 3.49. The second-order valence-electron chi connectivity index (χ2n) is 7.88. The minimum Gasteiger partial charge on any atom is -0.496 e. The molecule has 1 saturated carbocycles. The molecule has 0 atom stereocenters. The van der Waals surface area contributed by atoms with Crippen molar-refractivity contribution in [1.29, 1.82) is 5.26 Å². The van der Waals surface area contributed by atoms with Crippen molar-refractivity contribution in [3.63, 3.8) is 0 Å². The Labute approximate surface area is 194 Å². The Bertz CT molecular complexity index is 1230. The average molecular weight is 467 g/mol. The number of carbonyl (C=O) groups is 1. The minimum absolute atomic E-state index is 0.0102. The lowest BCUT2D eigenvalue weighted by Gasteiger charge is -2.21. The second kappa shape index (κ2) is 9.22. The smallest absolute Gasteiger partial charge is 0.409 e. The summed E-state index contributed by atoms with van der Waals surface area (Å²) >= 11 is 0. The van der Waals surface area contributed by atoms with Gasteiger partial charge in [-0.15, -0.1) is 0 Å². The van der Waals surface area contributed by atoms with E-state index in [-0.39, 0.29) is 18.1 Å². The van der Waals surface area contributed by atoms with Crippen molar-refractivity contribution in [2.75, 3.05) is 33.1 Å². The van der Waals surface area contributed by atoms with E-state index in [1.165, 1.54) is 36.5 Å². The van der Waals surface area contributed by atoms with E-state index in [0.29, 0.717) is 41.5 Å². The number of halogens is 1. The van der Waals surface area contributed by atoms with Gasteiger partial charge in [-0.25, -0.2) is 19.2 Å². The number of aromatic amines is 1. The molecule has 0 unspecified atom stereocenters. The molecule has 0 spiro atoms. The predicted molar refractivity (Wildman–Crippen MR) is 118 cm³/mol. The standard InChI is InChI=1S/C22H22FN7O4/c1-30(2)21(31)34-22(6-7-22)12-33-20-14(23)4-5-16(32-3)19(20)15-8-17(29-28-15)27-18-11-25-13(9-24)10-26-18/h4-5,8,10-11H,6-7,12H2,1-3H3,(H2,26,27,28,29). The SMILES string of the molecule is COc1ccc(F)c(OCC2(OC(=O)N(C)C)CC2)c1-c1cc(Nc2cnc(C#N)cn2)n[nH]1. The first kappa shape index (κ1) is 22.8. The van der Waals surface area contributed by atoms with Crippen LogP contribution in [0.2, 0.25) is 0 Å². The van der Waals surface area contributed by atoms with Gasteiger partial charge in [-0.05, 0) is 25.0 Å². The molecule has 1 aliphatic rings. The summed E-state index contributed by atoms with van der Waals surface area (Å²) in [6.45, 7) is -0.0102. The highest BCUT2D eigenvalue weighted by Gasteiger charge is 2.48. The van der Waals surface area contributed by atoms with Crippen LogP contribution in [0.15, 0.2) is 30.6 Å². The molecule has 2 N–H and O–H groups in total. The third kappa shape index (κ3) is 4.83. The number of amides is 1. The molecule has 1 aromatic carbocycles. The maximum atomic E-state index is 14.9. The van der Waals surface area contributed by atoms with E-state index in [2.05, 4.69) is 25.5 Å². The molecule has 0 bridgehead atoms. The molecule has 1 amide bonds. The number of rotatable bonds is 8. The molecule has 1 fully saturated rings. The number of nitrogens with zero attached hydrogens (tertiary/aromatic N) is 5. The average Bonchev–Trinajstić information content (AvgIpc) is 3.44. The lowest BCUT2D eigenvalue weighted by Crippen LogP contribution is -2.33. The molecule has 2 aromatic heterocycles. The normalized spacial score (nSPS) is 13.5. The third-order valence-corrected chi connectivity index (χ3v) is 5.12. The number of hydrogen-bond acceptors (Lipinski definition) is 9. The minimum atomic E-state index is -0.789. The van der Waals surface area contributed by atoms with Crippen LogP contribution in [0.5, 0.6) is 11.5 Å². The third-order valence-electron chi connectivity index (χ3n) is 5.12. The first-order valence-electron chi connectivity index (χ1n) is 10.3. The summed E-state index contributed by atoms with van der Waals surface area (Å²) in [5.74, 6) is 0.454. The van der Waals surface area contributed by atoms with Gasteiger partial charge in [0.2, 0.25) is 0 Å². The van der Waals surface area contributed by atoms with E-state index in [1.54, 1.807) is 20.2 Å². The van der Waals surface area contributed by atoms with Crippen molar-refractivity contribution in [1.82, 2.24) is 25.1 Å². The number of nitriles is 1. The van der Waals surface area contributed by atoms with Crippen molar-refractivity contribution in [3.8, 4) is 28.8 Å². The summed E-state index contributed by atoms with van der Waals surface area (Å²) in [5, 5.41) is 18.8. The number of carbonyl (C=O) groups excluding carboxylic acids is 1. The van der Waals surface area contributed by atoms with Crippen LogP contribution in [0.4, 0.5) is 20.8 Å². The second-order valence-corrected chi connectivity index (χ2v) is 7.88. The van der Waals surface area contributed by atoms with Gasteiger partial charge < -0.3 is 24.4 Å². The number of nitrogens with one attached hydrogen (secondary N) is 2. The highest BCUT2D eigenvalue weighted by molar-refractivity contribution is 5.76. The largest absolute Gasteiger partial charge is 0.496 e. The molecule has 12 heteroatoms. The van der Waals surface area contributed by atoms with E-state index < -0.39 is 17.5 Å². The molecule has 3 aromatic rings. The van der Waals surface area contributed by atoms with Crippen LogP contribution in [-0.4, -0.2) is 64.6 Å². The molecule has 0 radical (unpaired) electrons. The summed E-state index contributed by atoms with van der Waals surface area (Å²) < 4.78 is 31.7. The number of ether oxygens (including phenoxy) is 3. The maximum Gasteiger partial charge on any atom is 0.409 e. The van der Waals surface area contributed by atoms with Gasteiger partial charge in [-0.3, -0.25) is 5.10 Å². The zero-order chi connectivity index (χ0) is 24.3. The highest BCUT2D eigenvalue weighted by Crippen LogP contribution is 2.44. The Balaban J connectivity index is 1.58. The van der Waals surface area contributed by atoms with Gasteiger partial charge in [-0.1, -0.05) is 0 Å². The van der Waals surface area contributed by atoms with E-state index >= 15 is 0 Å². The summed E-state index contributed by atoms with van der Waals surface area (Å²) in [7, 11) is 4.64. The topological polar surface area (TPSA) is 138 Å². The summed E-state index contributed by atoms with van der Waals surface area (Å²) in [6, 6.07) is 6.25. The van der Waals surface area contributed by atoms with E-state index in [1.807, 2.05) is 6.07 Å². The van der Waals surface area contributed by atoms with Gasteiger partial charge in [0, 0.05) is 20.2 Å². The summed E-state index contributed by atoms with van der Waals surface area (Å²) in [4.78, 5) is 21.3. The Kier molecular flexibility index (Phi) is 6.18. The van der Waals surface area contributed by atoms with Crippen molar-refractivity contribution in [3.05, 3.63) is 42.1 Å². The zero-order valence-corrected chi connectivity index (χ0v) is 18.8. The van der Waals surface area contributed by atoms with Crippen LogP contribution < -0.4 is 14.8 Å². The fraction of sp³-hybridized carbons (Fsp3) is 0.318. The van der Waals surface area contributed by atoms with Crippen molar-refractivity contribution >= 4 is 17.7 Å². The lowest BCUT2D eigenvalue weighted by molar-refractivity contribution is 0.0317. The summed E-state index contributed by atoms with van der Waals surface area (Å²) in [5.41, 5.74) is 0.141. The van der Waals surface area contributed by atoms with Gasteiger partial charge in [0.25, 0.3) is 0 Å². The van der Waals surface area contributed by atoms with Crippen LogP contribution >= 0.6 is 0 Å².